The molecule has 0 bridgehead atoms. The smallest absolute Gasteiger partial charge is 0.232 e. The van der Waals surface area contributed by atoms with Gasteiger partial charge >= 0.3 is 0 Å². The van der Waals surface area contributed by atoms with Crippen LogP contribution in [0, 0.1) is 0 Å². The first-order chi connectivity index (χ1) is 8.91. The van der Waals surface area contributed by atoms with Crippen LogP contribution in [0.1, 0.15) is 26.3 Å². The number of halogens is 1. The van der Waals surface area contributed by atoms with Crippen molar-refractivity contribution in [3.63, 3.8) is 0 Å². The molecule has 0 saturated carbocycles. The van der Waals surface area contributed by atoms with Crippen molar-refractivity contribution in [1.82, 2.24) is 10.2 Å². The van der Waals surface area contributed by atoms with E-state index in [4.69, 9.17) is 0 Å². The molecule has 19 heavy (non-hydrogen) atoms. The maximum atomic E-state index is 12.8. The van der Waals surface area contributed by atoms with Gasteiger partial charge in [-0.05, 0) is 38.5 Å². The highest BCUT2D eigenvalue weighted by Crippen LogP contribution is 2.28. The number of hydrogen-bond donors (Lipinski definition) is 1. The number of hydrogen-bond acceptors (Lipinski definition) is 2. The van der Waals surface area contributed by atoms with Crippen LogP contribution in [0.25, 0.3) is 0 Å². The SMILES string of the molecule is CC1CN(C(=O)C(C)(C)c2cccc(Br)c2)CCN1. The van der Waals surface area contributed by atoms with Gasteiger partial charge in [-0.3, -0.25) is 4.79 Å². The standard InChI is InChI=1S/C15H21BrN2O/c1-11-10-18(8-7-17-11)14(19)15(2,3)12-5-4-6-13(16)9-12/h4-6,9,11,17H,7-8,10H2,1-3H3. The van der Waals surface area contributed by atoms with Gasteiger partial charge in [0, 0.05) is 30.1 Å². The van der Waals surface area contributed by atoms with Crippen LogP contribution in [0.15, 0.2) is 28.7 Å². The molecule has 0 aliphatic carbocycles. The summed E-state index contributed by atoms with van der Waals surface area (Å²) in [4.78, 5) is 14.7. The summed E-state index contributed by atoms with van der Waals surface area (Å²) in [5.41, 5.74) is 0.568. The Labute approximate surface area is 123 Å². The van der Waals surface area contributed by atoms with E-state index in [1.807, 2.05) is 43.0 Å². The molecule has 3 nitrogen and oxygen atoms in total. The Morgan fingerprint density at radius 1 is 1.47 bits per heavy atom. The number of rotatable bonds is 2. The molecule has 1 aliphatic rings. The molecule has 1 atom stereocenters. The van der Waals surface area contributed by atoms with E-state index in [0.717, 1.165) is 29.7 Å². The summed E-state index contributed by atoms with van der Waals surface area (Å²) in [5.74, 6) is 0.207. The largest absolute Gasteiger partial charge is 0.339 e. The maximum absolute atomic E-state index is 12.8. The number of nitrogens with one attached hydrogen (secondary N) is 1. The minimum Gasteiger partial charge on any atom is -0.339 e. The predicted molar refractivity (Wildman–Crippen MR) is 81.2 cm³/mol. The minimum absolute atomic E-state index is 0.207. The van der Waals surface area contributed by atoms with E-state index in [1.54, 1.807) is 0 Å². The third-order valence-corrected chi connectivity index (χ3v) is 4.23. The summed E-state index contributed by atoms with van der Waals surface area (Å²) in [6.07, 6.45) is 0. The second-order valence-electron chi connectivity index (χ2n) is 5.74. The Kier molecular flexibility index (Phi) is 4.31. The monoisotopic (exact) mass is 324 g/mol. The van der Waals surface area contributed by atoms with Gasteiger partial charge in [-0.15, -0.1) is 0 Å². The van der Waals surface area contributed by atoms with E-state index in [-0.39, 0.29) is 5.91 Å². The molecule has 1 aromatic carbocycles. The van der Waals surface area contributed by atoms with Gasteiger partial charge in [0.25, 0.3) is 0 Å². The molecule has 1 N–H and O–H groups in total. The predicted octanol–water partition coefficient (Wildman–Crippen LogP) is 2.55. The quantitative estimate of drug-likeness (QED) is 0.906. The van der Waals surface area contributed by atoms with Crippen molar-refractivity contribution in [3.05, 3.63) is 34.3 Å². The molecule has 1 fully saturated rings. The molecule has 2 rings (SSSR count). The molecular weight excluding hydrogens is 304 g/mol. The normalized spacial score (nSPS) is 20.4. The van der Waals surface area contributed by atoms with Crippen LogP contribution < -0.4 is 5.32 Å². The van der Waals surface area contributed by atoms with Crippen molar-refractivity contribution in [1.29, 1.82) is 0 Å². The number of amides is 1. The number of carbonyl (C=O) groups is 1. The third-order valence-electron chi connectivity index (χ3n) is 3.74. The zero-order valence-corrected chi connectivity index (χ0v) is 13.3. The van der Waals surface area contributed by atoms with Crippen molar-refractivity contribution < 1.29 is 4.79 Å². The summed E-state index contributed by atoms with van der Waals surface area (Å²) in [6.45, 7) is 8.58. The first-order valence-corrected chi connectivity index (χ1v) is 7.49. The highest BCUT2D eigenvalue weighted by molar-refractivity contribution is 9.10. The average molecular weight is 325 g/mol. The fourth-order valence-corrected chi connectivity index (χ4v) is 2.91. The summed E-state index contributed by atoms with van der Waals surface area (Å²) < 4.78 is 1.01. The van der Waals surface area contributed by atoms with Gasteiger partial charge in [0.15, 0.2) is 0 Å². The second kappa shape index (κ2) is 5.63. The Hall–Kier alpha value is -0.870. The number of carbonyl (C=O) groups excluding carboxylic acids is 1. The maximum Gasteiger partial charge on any atom is 0.232 e. The molecule has 104 valence electrons. The van der Waals surface area contributed by atoms with Crippen molar-refractivity contribution >= 4 is 21.8 Å². The van der Waals surface area contributed by atoms with Crippen LogP contribution in [0.3, 0.4) is 0 Å². The van der Waals surface area contributed by atoms with Crippen molar-refractivity contribution in [2.75, 3.05) is 19.6 Å². The molecule has 1 unspecified atom stereocenters. The second-order valence-corrected chi connectivity index (χ2v) is 6.66. The summed E-state index contributed by atoms with van der Waals surface area (Å²) >= 11 is 3.47. The summed E-state index contributed by atoms with van der Waals surface area (Å²) in [6, 6.07) is 8.39. The third kappa shape index (κ3) is 3.18. The van der Waals surface area contributed by atoms with Crippen LogP contribution in [0.5, 0.6) is 0 Å². The van der Waals surface area contributed by atoms with E-state index in [1.165, 1.54) is 0 Å². The molecule has 0 radical (unpaired) electrons. The van der Waals surface area contributed by atoms with Gasteiger partial charge in [0.2, 0.25) is 5.91 Å². The topological polar surface area (TPSA) is 32.3 Å². The zero-order chi connectivity index (χ0) is 14.0. The molecular formula is C15H21BrN2O. The van der Waals surface area contributed by atoms with Gasteiger partial charge in [-0.1, -0.05) is 28.1 Å². The van der Waals surface area contributed by atoms with Crippen molar-refractivity contribution in [3.8, 4) is 0 Å². The number of piperazine rings is 1. The van der Waals surface area contributed by atoms with Gasteiger partial charge in [-0.25, -0.2) is 0 Å². The van der Waals surface area contributed by atoms with Gasteiger partial charge in [0.1, 0.15) is 0 Å². The van der Waals surface area contributed by atoms with Gasteiger partial charge in [-0.2, -0.15) is 0 Å². The van der Waals surface area contributed by atoms with E-state index < -0.39 is 5.41 Å². The van der Waals surface area contributed by atoms with Gasteiger partial charge < -0.3 is 10.2 Å². The Bertz CT molecular complexity index is 473. The highest BCUT2D eigenvalue weighted by atomic mass is 79.9. The van der Waals surface area contributed by atoms with Crippen LogP contribution >= 0.6 is 15.9 Å². The summed E-state index contributed by atoms with van der Waals surface area (Å²) in [5, 5.41) is 3.37. The van der Waals surface area contributed by atoms with Crippen LogP contribution in [-0.2, 0) is 10.2 Å². The van der Waals surface area contributed by atoms with Crippen LogP contribution in [-0.4, -0.2) is 36.5 Å². The van der Waals surface area contributed by atoms with E-state index in [2.05, 4.69) is 28.2 Å². The molecule has 1 heterocycles. The lowest BCUT2D eigenvalue weighted by molar-refractivity contribution is -0.137. The lowest BCUT2D eigenvalue weighted by atomic mass is 9.83. The van der Waals surface area contributed by atoms with E-state index in [9.17, 15) is 4.79 Å². The first kappa shape index (κ1) is 14.5. The fraction of sp³-hybridized carbons (Fsp3) is 0.533. The number of nitrogens with zero attached hydrogens (tertiary/aromatic N) is 1. The molecule has 0 spiro atoms. The van der Waals surface area contributed by atoms with Crippen molar-refractivity contribution in [2.45, 2.75) is 32.2 Å². The lowest BCUT2D eigenvalue weighted by Gasteiger charge is -2.37. The molecule has 1 amide bonds. The highest BCUT2D eigenvalue weighted by Gasteiger charge is 2.35. The Balaban J connectivity index is 2.21. The van der Waals surface area contributed by atoms with E-state index >= 15 is 0 Å². The molecule has 0 aromatic heterocycles. The minimum atomic E-state index is -0.485. The molecule has 4 heteroatoms. The molecule has 1 saturated heterocycles. The summed E-state index contributed by atoms with van der Waals surface area (Å²) in [7, 11) is 0. The molecule has 1 aromatic rings. The zero-order valence-electron chi connectivity index (χ0n) is 11.7. The first-order valence-electron chi connectivity index (χ1n) is 6.70. The lowest BCUT2D eigenvalue weighted by Crippen LogP contribution is -2.55. The molecule has 1 aliphatic heterocycles. The van der Waals surface area contributed by atoms with Crippen LogP contribution in [0.4, 0.5) is 0 Å². The fourth-order valence-electron chi connectivity index (χ4n) is 2.51. The Morgan fingerprint density at radius 3 is 2.84 bits per heavy atom. The Morgan fingerprint density at radius 2 is 2.21 bits per heavy atom. The van der Waals surface area contributed by atoms with Crippen molar-refractivity contribution in [2.24, 2.45) is 0 Å². The van der Waals surface area contributed by atoms with E-state index in [0.29, 0.717) is 6.04 Å². The van der Waals surface area contributed by atoms with Crippen LogP contribution in [0.2, 0.25) is 0 Å². The average Bonchev–Trinajstić information content (AvgIpc) is 2.38. The number of benzene rings is 1. The van der Waals surface area contributed by atoms with Gasteiger partial charge in [0.05, 0.1) is 5.41 Å².